The largest absolute Gasteiger partial charge is 0.403 e. The van der Waals surface area contributed by atoms with E-state index in [0.717, 1.165) is 24.0 Å². The lowest BCUT2D eigenvalue weighted by molar-refractivity contribution is -0.135. The first kappa shape index (κ1) is 20.2. The van der Waals surface area contributed by atoms with Crippen molar-refractivity contribution in [3.63, 3.8) is 0 Å². The van der Waals surface area contributed by atoms with Crippen molar-refractivity contribution in [2.75, 3.05) is 25.0 Å². The van der Waals surface area contributed by atoms with Crippen molar-refractivity contribution < 1.29 is 9.53 Å². The van der Waals surface area contributed by atoms with E-state index in [9.17, 15) is 4.79 Å². The van der Waals surface area contributed by atoms with Gasteiger partial charge in [-0.05, 0) is 24.0 Å². The van der Waals surface area contributed by atoms with Gasteiger partial charge < -0.3 is 26.4 Å². The molecule has 1 aliphatic heterocycles. The van der Waals surface area contributed by atoms with E-state index < -0.39 is 0 Å². The maximum absolute atomic E-state index is 12.4. The fraction of sp³-hybridized carbons (Fsp3) is 0.381. The number of nitrogens with two attached hydrogens (primary N) is 2. The minimum absolute atomic E-state index is 0.0376. The third kappa shape index (κ3) is 4.73. The van der Waals surface area contributed by atoms with Crippen molar-refractivity contribution in [1.82, 2.24) is 14.9 Å². The first-order chi connectivity index (χ1) is 14.6. The number of nitrogens with one attached hydrogen (secondary N) is 1. The fourth-order valence-corrected chi connectivity index (χ4v) is 3.97. The summed E-state index contributed by atoms with van der Waals surface area (Å²) in [5.41, 5.74) is 16.3. The van der Waals surface area contributed by atoms with Gasteiger partial charge in [0.05, 0.1) is 6.61 Å². The van der Waals surface area contributed by atoms with Gasteiger partial charge >= 0.3 is 0 Å². The number of amides is 1. The van der Waals surface area contributed by atoms with E-state index in [2.05, 4.69) is 34.6 Å². The number of rotatable bonds is 7. The summed E-state index contributed by atoms with van der Waals surface area (Å²) in [5.74, 6) is 0.627. The number of ether oxygens (including phenoxy) is 1. The molecule has 4 rings (SSSR count). The van der Waals surface area contributed by atoms with E-state index in [1.165, 1.54) is 17.3 Å². The standard InChI is InChI=1S/C21H27BN6O2/c23-9-17(24)5-6-30-12-19(29)28-11-16-10-25-21(27-20(16)22-13-28)26-18-7-14-3-1-2-4-15(14)8-18/h1-4,9-10,18,22H,5-8,11-13,23-24H2,(H,25,26,27)/b17-9-. The summed E-state index contributed by atoms with van der Waals surface area (Å²) in [6, 6.07) is 8.86. The second kappa shape index (κ2) is 9.17. The Morgan fingerprint density at radius 2 is 2.07 bits per heavy atom. The summed E-state index contributed by atoms with van der Waals surface area (Å²) in [7, 11) is 0.714. The number of anilines is 1. The number of hydrogen-bond donors (Lipinski definition) is 3. The van der Waals surface area contributed by atoms with Crippen molar-refractivity contribution >= 4 is 24.7 Å². The molecule has 1 aromatic carbocycles. The number of nitrogens with zero attached hydrogens (tertiary/aromatic N) is 3. The Morgan fingerprint density at radius 1 is 1.30 bits per heavy atom. The topological polar surface area (TPSA) is 119 Å². The van der Waals surface area contributed by atoms with E-state index in [1.807, 2.05) is 6.20 Å². The van der Waals surface area contributed by atoms with Gasteiger partial charge in [0.25, 0.3) is 0 Å². The van der Waals surface area contributed by atoms with Crippen LogP contribution in [0, 0.1) is 0 Å². The Morgan fingerprint density at radius 3 is 2.80 bits per heavy atom. The summed E-state index contributed by atoms with van der Waals surface area (Å²) < 4.78 is 5.42. The van der Waals surface area contributed by atoms with Gasteiger partial charge in [0.1, 0.15) is 6.61 Å². The van der Waals surface area contributed by atoms with E-state index >= 15 is 0 Å². The predicted molar refractivity (Wildman–Crippen MR) is 117 cm³/mol. The lowest BCUT2D eigenvalue weighted by Gasteiger charge is -2.28. The van der Waals surface area contributed by atoms with Crippen LogP contribution >= 0.6 is 0 Å². The first-order valence-electron chi connectivity index (χ1n) is 10.3. The Kier molecular flexibility index (Phi) is 6.18. The van der Waals surface area contributed by atoms with E-state index in [4.69, 9.17) is 21.2 Å². The molecule has 0 bridgehead atoms. The molecule has 9 heteroatoms. The van der Waals surface area contributed by atoms with Gasteiger partial charge in [-0.15, -0.1) is 0 Å². The molecule has 0 unspecified atom stereocenters. The van der Waals surface area contributed by atoms with E-state index in [1.54, 1.807) is 4.90 Å². The molecule has 0 radical (unpaired) electrons. The second-order valence-corrected chi connectivity index (χ2v) is 7.79. The minimum Gasteiger partial charge on any atom is -0.403 e. The molecule has 2 aromatic rings. The molecule has 5 N–H and O–H groups in total. The summed E-state index contributed by atoms with van der Waals surface area (Å²) in [4.78, 5) is 23.4. The lowest BCUT2D eigenvalue weighted by atomic mass is 9.69. The van der Waals surface area contributed by atoms with Crippen LogP contribution < -0.4 is 22.4 Å². The molecule has 0 fully saturated rings. The zero-order chi connectivity index (χ0) is 20.9. The van der Waals surface area contributed by atoms with Gasteiger partial charge in [-0.1, -0.05) is 24.3 Å². The van der Waals surface area contributed by atoms with Crippen molar-refractivity contribution in [3.05, 3.63) is 59.0 Å². The van der Waals surface area contributed by atoms with Crippen LogP contribution in [0.5, 0.6) is 0 Å². The summed E-state index contributed by atoms with van der Waals surface area (Å²) in [5, 5.41) is 3.47. The molecule has 8 nitrogen and oxygen atoms in total. The molecule has 2 aliphatic rings. The average Bonchev–Trinajstić information content (AvgIpc) is 3.18. The van der Waals surface area contributed by atoms with Crippen LogP contribution in [-0.2, 0) is 28.9 Å². The Bertz CT molecular complexity index is 926. The third-order valence-electron chi connectivity index (χ3n) is 5.65. The Balaban J connectivity index is 1.29. The highest BCUT2D eigenvalue weighted by Crippen LogP contribution is 2.23. The lowest BCUT2D eigenvalue weighted by Crippen LogP contribution is -2.47. The smallest absolute Gasteiger partial charge is 0.248 e. The molecule has 1 aliphatic carbocycles. The van der Waals surface area contributed by atoms with Gasteiger partial charge in [0.2, 0.25) is 19.1 Å². The van der Waals surface area contributed by atoms with Crippen LogP contribution in [0.25, 0.3) is 0 Å². The SMILES string of the molecule is N/C=C(\N)CCOCC(=O)N1CBc2nc(NC3Cc4ccccc4C3)ncc2C1. The molecule has 2 heterocycles. The summed E-state index contributed by atoms with van der Waals surface area (Å²) >= 11 is 0. The van der Waals surface area contributed by atoms with Crippen LogP contribution in [0.1, 0.15) is 23.1 Å². The number of carbonyl (C=O) groups is 1. The van der Waals surface area contributed by atoms with Crippen LogP contribution in [0.3, 0.4) is 0 Å². The van der Waals surface area contributed by atoms with E-state index in [-0.39, 0.29) is 12.5 Å². The zero-order valence-electron chi connectivity index (χ0n) is 17.0. The molecule has 0 atom stereocenters. The average molecular weight is 406 g/mol. The second-order valence-electron chi connectivity index (χ2n) is 7.79. The molecule has 156 valence electrons. The minimum atomic E-state index is -0.0399. The fourth-order valence-electron chi connectivity index (χ4n) is 3.97. The van der Waals surface area contributed by atoms with Gasteiger partial charge in [-0.2, -0.15) is 0 Å². The zero-order valence-corrected chi connectivity index (χ0v) is 17.0. The quantitative estimate of drug-likeness (QED) is 0.422. The summed E-state index contributed by atoms with van der Waals surface area (Å²) in [6.45, 7) is 0.923. The number of carbonyl (C=O) groups excluding carboxylic acids is 1. The molecule has 30 heavy (non-hydrogen) atoms. The monoisotopic (exact) mass is 406 g/mol. The maximum Gasteiger partial charge on any atom is 0.248 e. The first-order valence-corrected chi connectivity index (χ1v) is 10.3. The molecule has 0 saturated heterocycles. The van der Waals surface area contributed by atoms with Crippen molar-refractivity contribution in [3.8, 4) is 0 Å². The van der Waals surface area contributed by atoms with Gasteiger partial charge in [-0.3, -0.25) is 4.79 Å². The van der Waals surface area contributed by atoms with Gasteiger partial charge in [0, 0.05) is 54.7 Å². The number of benzene rings is 1. The van der Waals surface area contributed by atoms with Crippen molar-refractivity contribution in [2.24, 2.45) is 11.5 Å². The summed E-state index contributed by atoms with van der Waals surface area (Å²) in [6.07, 6.45) is 6.31. The highest BCUT2D eigenvalue weighted by atomic mass is 16.5. The van der Waals surface area contributed by atoms with Gasteiger partial charge in [-0.25, -0.2) is 9.97 Å². The highest BCUT2D eigenvalue weighted by Gasteiger charge is 2.25. The van der Waals surface area contributed by atoms with Crippen LogP contribution in [0.2, 0.25) is 0 Å². The molecule has 1 aromatic heterocycles. The number of hydrogen-bond acceptors (Lipinski definition) is 7. The van der Waals surface area contributed by atoms with Crippen molar-refractivity contribution in [1.29, 1.82) is 0 Å². The van der Waals surface area contributed by atoms with Crippen LogP contribution in [0.4, 0.5) is 5.95 Å². The third-order valence-corrected chi connectivity index (χ3v) is 5.65. The molecule has 1 amide bonds. The number of aromatic nitrogens is 2. The van der Waals surface area contributed by atoms with E-state index in [0.29, 0.717) is 51.0 Å². The Labute approximate surface area is 176 Å². The van der Waals surface area contributed by atoms with Crippen LogP contribution in [-0.4, -0.2) is 53.8 Å². The maximum atomic E-state index is 12.4. The number of fused-ring (bicyclic) bond motifs is 2. The molecule has 0 spiro atoms. The normalized spacial score (nSPS) is 16.0. The highest BCUT2D eigenvalue weighted by molar-refractivity contribution is 6.53. The van der Waals surface area contributed by atoms with Gasteiger partial charge in [0.15, 0.2) is 0 Å². The van der Waals surface area contributed by atoms with Crippen LogP contribution in [0.15, 0.2) is 42.4 Å². The molecule has 0 saturated carbocycles. The molecular weight excluding hydrogens is 379 g/mol. The Hall–Kier alpha value is -3.07. The predicted octanol–water partition coefficient (Wildman–Crippen LogP) is -0.417. The van der Waals surface area contributed by atoms with Crippen molar-refractivity contribution in [2.45, 2.75) is 31.8 Å². The molecular formula is C21H27BN6O2.